The van der Waals surface area contributed by atoms with Gasteiger partial charge in [-0.3, -0.25) is 10.2 Å². The van der Waals surface area contributed by atoms with E-state index in [2.05, 4.69) is 10.1 Å². The fourth-order valence-electron chi connectivity index (χ4n) is 3.92. The fourth-order valence-corrected chi connectivity index (χ4v) is 4.82. The molecule has 2 aliphatic rings. The summed E-state index contributed by atoms with van der Waals surface area (Å²) in [4.78, 5) is 17.1. The number of aliphatic imine (C=N–C) groups is 1. The Morgan fingerprint density at radius 1 is 0.897 bits per heavy atom. The van der Waals surface area contributed by atoms with Crippen molar-refractivity contribution < 1.29 is 19.0 Å². The number of carbonyl (C=O) groups excluding carboxylic acids is 1. The third-order valence-corrected chi connectivity index (χ3v) is 6.92. The molecule has 3 aromatic carbocycles. The summed E-state index contributed by atoms with van der Waals surface area (Å²) in [5.41, 5.74) is 4.06. The first kappa shape index (κ1) is 26.2. The highest BCUT2D eigenvalue weighted by atomic mass is 32.2. The van der Waals surface area contributed by atoms with Crippen LogP contribution in [0.15, 0.2) is 82.4 Å². The van der Waals surface area contributed by atoms with Gasteiger partial charge in [0.2, 0.25) is 5.17 Å². The largest absolute Gasteiger partial charge is 0.490 e. The molecule has 2 aliphatic heterocycles. The zero-order valence-corrected chi connectivity index (χ0v) is 22.7. The van der Waals surface area contributed by atoms with Gasteiger partial charge in [0, 0.05) is 5.56 Å². The predicted octanol–water partition coefficient (Wildman–Crippen LogP) is 5.83. The van der Waals surface area contributed by atoms with Gasteiger partial charge >= 0.3 is 0 Å². The van der Waals surface area contributed by atoms with E-state index >= 15 is 0 Å². The molecule has 2 heterocycles. The zero-order valence-electron chi connectivity index (χ0n) is 21.9. The Bertz CT molecular complexity index is 1490. The van der Waals surface area contributed by atoms with Crippen LogP contribution in [0.5, 0.6) is 17.2 Å². The Hall–Kier alpha value is -4.37. The maximum atomic E-state index is 12.9. The minimum Gasteiger partial charge on any atom is -0.490 e. The van der Waals surface area contributed by atoms with Crippen LogP contribution in [0, 0.1) is 19.3 Å². The number of hydrogen-bond acceptors (Lipinski definition) is 7. The summed E-state index contributed by atoms with van der Waals surface area (Å²) >= 11 is 1.28. The molecule has 0 radical (unpaired) electrons. The Balaban J connectivity index is 1.30. The van der Waals surface area contributed by atoms with Crippen LogP contribution < -0.4 is 14.2 Å². The van der Waals surface area contributed by atoms with E-state index in [9.17, 15) is 4.79 Å². The van der Waals surface area contributed by atoms with Gasteiger partial charge in [0.15, 0.2) is 17.3 Å². The summed E-state index contributed by atoms with van der Waals surface area (Å²) in [7, 11) is 0. The highest BCUT2D eigenvalue weighted by molar-refractivity contribution is 8.27. The number of amides is 1. The molecule has 3 aromatic rings. The molecule has 0 saturated carbocycles. The number of benzene rings is 3. The quantitative estimate of drug-likeness (QED) is 0.271. The molecule has 0 aromatic heterocycles. The van der Waals surface area contributed by atoms with E-state index < -0.39 is 5.91 Å². The van der Waals surface area contributed by atoms with Crippen LogP contribution in [-0.4, -0.2) is 46.8 Å². The standard InChI is InChI=1S/C30H28N4O4S/c1-4-36-26-18-21(9-14-25(26)38-16-15-37-23-12-7-20(3)8-13-23)17-24-27(31)34-30(32-28(24)35)39-29(33-34)22-10-5-19(2)6-11-22/h5-14,17-18,31H,4,15-16H2,1-3H3/b24-17-,31-27?. The summed E-state index contributed by atoms with van der Waals surface area (Å²) in [5.74, 6) is 1.39. The average molecular weight is 541 g/mol. The minimum atomic E-state index is -0.481. The molecule has 0 fully saturated rings. The number of amidine groups is 2. The molecule has 0 spiro atoms. The number of rotatable bonds is 9. The van der Waals surface area contributed by atoms with Crippen LogP contribution in [0.25, 0.3) is 6.08 Å². The lowest BCUT2D eigenvalue weighted by atomic mass is 10.1. The van der Waals surface area contributed by atoms with Crippen LogP contribution in [0.4, 0.5) is 0 Å². The van der Waals surface area contributed by atoms with Crippen LogP contribution in [-0.2, 0) is 4.79 Å². The fraction of sp³-hybridized carbons (Fsp3) is 0.200. The van der Waals surface area contributed by atoms with E-state index in [1.807, 2.05) is 75.4 Å². The van der Waals surface area contributed by atoms with Crippen molar-refractivity contribution in [2.45, 2.75) is 20.8 Å². The molecule has 39 heavy (non-hydrogen) atoms. The van der Waals surface area contributed by atoms with Gasteiger partial charge in [0.1, 0.15) is 24.0 Å². The molecule has 198 valence electrons. The summed E-state index contributed by atoms with van der Waals surface area (Å²) in [5, 5.41) is 15.7. The normalized spacial score (nSPS) is 15.7. The van der Waals surface area contributed by atoms with E-state index in [0.29, 0.717) is 47.1 Å². The number of aryl methyl sites for hydroxylation is 2. The lowest BCUT2D eigenvalue weighted by Crippen LogP contribution is -2.35. The van der Waals surface area contributed by atoms with Crippen molar-refractivity contribution in [1.29, 1.82) is 5.41 Å². The SMILES string of the molecule is CCOc1cc(/C=C2/C(=N)N3N=C(c4ccc(C)cc4)SC3=NC2=O)ccc1OCCOc1ccc(C)cc1. The summed E-state index contributed by atoms with van der Waals surface area (Å²) < 4.78 is 17.4. The molecule has 9 heteroatoms. The second-order valence-electron chi connectivity index (χ2n) is 8.94. The average Bonchev–Trinajstić information content (AvgIpc) is 3.35. The van der Waals surface area contributed by atoms with Crippen molar-refractivity contribution in [3.63, 3.8) is 0 Å². The molecule has 8 nitrogen and oxygen atoms in total. The van der Waals surface area contributed by atoms with Gasteiger partial charge in [0.25, 0.3) is 5.91 Å². The number of ether oxygens (including phenoxy) is 3. The molecule has 0 saturated heterocycles. The zero-order chi connectivity index (χ0) is 27.4. The number of thioether (sulfide) groups is 1. The van der Waals surface area contributed by atoms with Gasteiger partial charge in [-0.05, 0) is 68.4 Å². The number of nitrogens with zero attached hydrogens (tertiary/aromatic N) is 3. The number of fused-ring (bicyclic) bond motifs is 1. The molecular formula is C30H28N4O4S. The van der Waals surface area contributed by atoms with Crippen LogP contribution in [0.3, 0.4) is 0 Å². The molecule has 0 bridgehead atoms. The first-order valence-corrected chi connectivity index (χ1v) is 13.4. The Kier molecular flexibility index (Phi) is 7.79. The second kappa shape index (κ2) is 11.6. The van der Waals surface area contributed by atoms with Crippen molar-refractivity contribution in [3.8, 4) is 17.2 Å². The predicted molar refractivity (Wildman–Crippen MR) is 155 cm³/mol. The second-order valence-corrected chi connectivity index (χ2v) is 9.90. The minimum absolute atomic E-state index is 0.0221. The smallest absolute Gasteiger partial charge is 0.283 e. The van der Waals surface area contributed by atoms with Crippen LogP contribution in [0.2, 0.25) is 0 Å². The molecule has 0 aliphatic carbocycles. The molecule has 0 unspecified atom stereocenters. The first-order valence-electron chi connectivity index (χ1n) is 12.6. The van der Waals surface area contributed by atoms with Gasteiger partial charge in [-0.15, -0.1) is 0 Å². The lowest BCUT2D eigenvalue weighted by molar-refractivity contribution is -0.114. The summed E-state index contributed by atoms with van der Waals surface area (Å²) in [6.45, 7) is 7.10. The van der Waals surface area contributed by atoms with E-state index in [4.69, 9.17) is 19.6 Å². The van der Waals surface area contributed by atoms with Crippen molar-refractivity contribution >= 4 is 39.8 Å². The van der Waals surface area contributed by atoms with Gasteiger partial charge in [0.05, 0.1) is 12.2 Å². The first-order chi connectivity index (χ1) is 18.9. The number of hydrazone groups is 1. The Labute approximate surface area is 231 Å². The number of nitrogens with one attached hydrogen (secondary N) is 1. The topological polar surface area (TPSA) is 96.6 Å². The van der Waals surface area contributed by atoms with E-state index in [1.54, 1.807) is 18.2 Å². The highest BCUT2D eigenvalue weighted by Crippen LogP contribution is 2.33. The van der Waals surface area contributed by atoms with Crippen LogP contribution in [0.1, 0.15) is 29.2 Å². The third-order valence-electron chi connectivity index (χ3n) is 5.96. The molecule has 5 rings (SSSR count). The van der Waals surface area contributed by atoms with Gasteiger partial charge in [-0.25, -0.2) is 0 Å². The summed E-state index contributed by atoms with van der Waals surface area (Å²) in [6, 6.07) is 21.2. The monoisotopic (exact) mass is 540 g/mol. The number of hydrogen-bond donors (Lipinski definition) is 1. The Morgan fingerprint density at radius 2 is 1.59 bits per heavy atom. The van der Waals surface area contributed by atoms with E-state index in [1.165, 1.54) is 22.3 Å². The van der Waals surface area contributed by atoms with Gasteiger partial charge in [-0.2, -0.15) is 15.1 Å². The number of carbonyl (C=O) groups is 1. The van der Waals surface area contributed by atoms with Crippen LogP contribution >= 0.6 is 11.8 Å². The molecule has 0 atom stereocenters. The van der Waals surface area contributed by atoms with Gasteiger partial charge < -0.3 is 14.2 Å². The summed E-state index contributed by atoms with van der Waals surface area (Å²) in [6.07, 6.45) is 1.63. The Morgan fingerprint density at radius 3 is 2.31 bits per heavy atom. The lowest BCUT2D eigenvalue weighted by Gasteiger charge is -2.20. The van der Waals surface area contributed by atoms with Crippen molar-refractivity contribution in [2.75, 3.05) is 19.8 Å². The van der Waals surface area contributed by atoms with E-state index in [-0.39, 0.29) is 11.4 Å². The maximum Gasteiger partial charge on any atom is 0.283 e. The van der Waals surface area contributed by atoms with Crippen molar-refractivity contribution in [2.24, 2.45) is 10.1 Å². The molecular weight excluding hydrogens is 512 g/mol. The third kappa shape index (κ3) is 6.04. The van der Waals surface area contributed by atoms with Crippen molar-refractivity contribution in [1.82, 2.24) is 5.01 Å². The molecule has 1 N–H and O–H groups in total. The maximum absolute atomic E-state index is 12.9. The van der Waals surface area contributed by atoms with Crippen molar-refractivity contribution in [3.05, 3.63) is 94.6 Å². The van der Waals surface area contributed by atoms with E-state index in [0.717, 1.165) is 16.9 Å². The highest BCUT2D eigenvalue weighted by Gasteiger charge is 2.36. The van der Waals surface area contributed by atoms with Gasteiger partial charge in [-0.1, -0.05) is 53.6 Å². The molecule has 1 amide bonds.